The summed E-state index contributed by atoms with van der Waals surface area (Å²) in [6.45, 7) is 1.27. The molecular weight excluding hydrogens is 961 g/mol. The number of nitrogens with two attached hydrogens (primary N) is 3. The van der Waals surface area contributed by atoms with E-state index in [0.717, 1.165) is 10.9 Å². The van der Waals surface area contributed by atoms with E-state index in [0.29, 0.717) is 11.1 Å². The van der Waals surface area contributed by atoms with Crippen molar-refractivity contribution in [1.82, 2.24) is 58.2 Å². The summed E-state index contributed by atoms with van der Waals surface area (Å²) in [5.74, 6) is -8.34. The van der Waals surface area contributed by atoms with Crippen LogP contribution in [0.2, 0.25) is 0 Å². The van der Waals surface area contributed by atoms with E-state index in [1.54, 1.807) is 42.6 Å². The number of nitrogens with one attached hydrogen (secondary N) is 13. The number of hydrogen-bond donors (Lipinski definition) is 17. The number of hydrogen-bond acceptors (Lipinski definition) is 12. The molecule has 1 fully saturated rings. The Kier molecular flexibility index (Phi) is 23.6. The van der Waals surface area contributed by atoms with Crippen molar-refractivity contribution in [2.75, 3.05) is 26.2 Å². The fourth-order valence-electron chi connectivity index (χ4n) is 8.12. The quantitative estimate of drug-likeness (QED) is 0.0343. The van der Waals surface area contributed by atoms with Crippen molar-refractivity contribution in [2.45, 2.75) is 120 Å². The first kappa shape index (κ1) is 58.3. The van der Waals surface area contributed by atoms with Gasteiger partial charge in [-0.3, -0.25) is 49.2 Å². The van der Waals surface area contributed by atoms with Crippen LogP contribution in [0.4, 0.5) is 0 Å². The number of carbonyl (C=O) groups excluding carboxylic acids is 8. The lowest BCUT2D eigenvalue weighted by Crippen LogP contribution is -2.60. The molecule has 1 unspecified atom stereocenters. The van der Waals surface area contributed by atoms with Crippen molar-refractivity contribution in [3.05, 3.63) is 71.9 Å². The first-order chi connectivity index (χ1) is 35.3. The smallest absolute Gasteiger partial charge is 0.326 e. The molecule has 2 aromatic carbocycles. The van der Waals surface area contributed by atoms with E-state index >= 15 is 0 Å². The van der Waals surface area contributed by atoms with E-state index in [1.807, 2.05) is 18.2 Å². The highest BCUT2D eigenvalue weighted by molar-refractivity contribution is 5.98. The highest BCUT2D eigenvalue weighted by Crippen LogP contribution is 2.20. The predicted molar refractivity (Wildman–Crippen MR) is 272 cm³/mol. The van der Waals surface area contributed by atoms with Gasteiger partial charge in [0.05, 0.1) is 0 Å². The molecule has 0 saturated carbocycles. The van der Waals surface area contributed by atoms with Crippen LogP contribution in [0.25, 0.3) is 10.9 Å². The fourth-order valence-corrected chi connectivity index (χ4v) is 8.12. The van der Waals surface area contributed by atoms with Crippen LogP contribution >= 0.6 is 0 Å². The number of guanidine groups is 2. The number of benzene rings is 2. The molecule has 402 valence electrons. The number of aromatic nitrogens is 1. The normalized spacial score (nSPS) is 21.2. The molecule has 8 amide bonds. The zero-order valence-electron chi connectivity index (χ0n) is 41.3. The SMILES string of the molecule is CC(=O)N[C@@H](CCCNC(=N)N)C(=O)N[C@H]1CCC(=O)NCCCC(C(=O)O)NC(=O)[C@H](Cc2c[nH]c3ccccc23)NC(=O)[C@H](CCCNC(=N)N)NC(=O)[C@@H](Cc2ccccc2)NC(=O)[C@H](CCN)NC1=O. The number of aromatic amines is 1. The summed E-state index contributed by atoms with van der Waals surface area (Å²) in [6, 6.07) is 6.04. The lowest BCUT2D eigenvalue weighted by Gasteiger charge is -2.28. The standard InChI is InChI=1S/C48H70N16O10/c1-27(65)58-32(14-7-22-55-47(50)51)40(67)60-34-17-18-39(66)54-21-9-16-36(46(73)74)62-45(72)38(25-29-26-57-31-13-6-5-12-30(29)31)64-41(68)33(15-8-23-56-48(52)53)59-44(71)37(24-28-10-3-2-4-11-28)63-43(70)35(19-20-49)61-42(34)69/h2-6,10-13,26,32-38,57H,7-9,14-25,49H2,1H3,(H,54,66)(H,58,65)(H,59,71)(H,60,67)(H,61,69)(H,62,72)(H,63,70)(H,64,68)(H,73,74)(H4,50,51,55)(H4,52,53,56)/t32-,33-,34-,35-,36?,37+,38-/m0/s1. The number of rotatable bonds is 18. The van der Waals surface area contributed by atoms with E-state index in [1.165, 1.54) is 6.92 Å². The van der Waals surface area contributed by atoms with Gasteiger partial charge in [0.2, 0.25) is 47.3 Å². The van der Waals surface area contributed by atoms with E-state index < -0.39 is 95.5 Å². The van der Waals surface area contributed by atoms with Crippen molar-refractivity contribution in [3.63, 3.8) is 0 Å². The second-order valence-corrected chi connectivity index (χ2v) is 17.8. The maximum Gasteiger partial charge on any atom is 0.326 e. The third kappa shape index (κ3) is 19.7. The highest BCUT2D eigenvalue weighted by atomic mass is 16.4. The molecule has 1 aliphatic rings. The topological polar surface area (TPSA) is 436 Å². The van der Waals surface area contributed by atoms with Gasteiger partial charge < -0.3 is 80.5 Å². The molecule has 20 N–H and O–H groups in total. The van der Waals surface area contributed by atoms with Crippen molar-refractivity contribution in [2.24, 2.45) is 17.2 Å². The van der Waals surface area contributed by atoms with Gasteiger partial charge in [-0.2, -0.15) is 0 Å². The molecule has 0 spiro atoms. The maximum absolute atomic E-state index is 14.5. The molecule has 2 heterocycles. The third-order valence-corrected chi connectivity index (χ3v) is 11.9. The van der Waals surface area contributed by atoms with Gasteiger partial charge in [0, 0.05) is 62.9 Å². The summed E-state index contributed by atoms with van der Waals surface area (Å²) in [5, 5.41) is 52.2. The van der Waals surface area contributed by atoms with Gasteiger partial charge in [0.1, 0.15) is 42.3 Å². The lowest BCUT2D eigenvalue weighted by atomic mass is 10.0. The molecule has 0 aliphatic carbocycles. The van der Waals surface area contributed by atoms with Gasteiger partial charge in [-0.05, 0) is 75.1 Å². The summed E-state index contributed by atoms with van der Waals surface area (Å²) >= 11 is 0. The second kappa shape index (κ2) is 29.9. The van der Waals surface area contributed by atoms with Crippen molar-refractivity contribution in [1.29, 1.82) is 10.8 Å². The molecular formula is C48H70N16O10. The zero-order valence-corrected chi connectivity index (χ0v) is 41.3. The van der Waals surface area contributed by atoms with Crippen LogP contribution in [0.3, 0.4) is 0 Å². The van der Waals surface area contributed by atoms with Crippen LogP contribution in [-0.2, 0) is 56.0 Å². The Hall–Kier alpha value is -8.29. The molecule has 1 aliphatic heterocycles. The predicted octanol–water partition coefficient (Wildman–Crippen LogP) is -2.98. The number of carbonyl (C=O) groups is 9. The molecule has 74 heavy (non-hydrogen) atoms. The number of para-hydroxylation sites is 1. The van der Waals surface area contributed by atoms with Crippen molar-refractivity contribution < 1.29 is 48.3 Å². The van der Waals surface area contributed by atoms with E-state index in [9.17, 15) is 48.3 Å². The Balaban J connectivity index is 1.75. The van der Waals surface area contributed by atoms with Gasteiger partial charge >= 0.3 is 5.97 Å². The van der Waals surface area contributed by atoms with Crippen molar-refractivity contribution >= 4 is 76.0 Å². The molecule has 4 rings (SSSR count). The number of amides is 8. The number of carboxylic acids is 1. The minimum absolute atomic E-state index is 0.0441. The van der Waals surface area contributed by atoms with Gasteiger partial charge in [-0.1, -0.05) is 48.5 Å². The number of aliphatic carboxylic acids is 1. The van der Waals surface area contributed by atoms with E-state index in [2.05, 4.69) is 58.2 Å². The van der Waals surface area contributed by atoms with Crippen LogP contribution in [0.5, 0.6) is 0 Å². The first-order valence-corrected chi connectivity index (χ1v) is 24.4. The van der Waals surface area contributed by atoms with Gasteiger partial charge in [0.15, 0.2) is 11.9 Å². The Morgan fingerprint density at radius 3 is 1.96 bits per heavy atom. The molecule has 0 radical (unpaired) electrons. The summed E-state index contributed by atoms with van der Waals surface area (Å²) in [4.78, 5) is 127. The van der Waals surface area contributed by atoms with Crippen LogP contribution in [0, 0.1) is 10.8 Å². The number of carboxylic acid groups (broad SMARTS) is 1. The van der Waals surface area contributed by atoms with Gasteiger partial charge in [-0.15, -0.1) is 0 Å². The van der Waals surface area contributed by atoms with Gasteiger partial charge in [-0.25, -0.2) is 4.79 Å². The molecule has 26 heteroatoms. The molecule has 1 aromatic heterocycles. The fraction of sp³-hybridized carbons (Fsp3) is 0.479. The van der Waals surface area contributed by atoms with E-state index in [-0.39, 0.29) is 109 Å². The Labute approximate surface area is 427 Å². The number of H-pyrrole nitrogens is 1. The average Bonchev–Trinajstić information content (AvgIpc) is 3.76. The molecule has 26 nitrogen and oxygen atoms in total. The van der Waals surface area contributed by atoms with E-state index in [4.69, 9.17) is 28.0 Å². The minimum atomic E-state index is -1.49. The van der Waals surface area contributed by atoms with Crippen molar-refractivity contribution in [3.8, 4) is 0 Å². The van der Waals surface area contributed by atoms with Crippen LogP contribution in [0.15, 0.2) is 60.8 Å². The minimum Gasteiger partial charge on any atom is -0.480 e. The zero-order chi connectivity index (χ0) is 54.2. The second-order valence-electron chi connectivity index (χ2n) is 17.8. The Morgan fingerprint density at radius 2 is 1.31 bits per heavy atom. The lowest BCUT2D eigenvalue weighted by molar-refractivity contribution is -0.142. The maximum atomic E-state index is 14.5. The molecule has 7 atom stereocenters. The first-order valence-electron chi connectivity index (χ1n) is 24.4. The average molecular weight is 1030 g/mol. The molecule has 3 aromatic rings. The Bertz CT molecular complexity index is 2450. The summed E-state index contributed by atoms with van der Waals surface area (Å²) < 4.78 is 0. The number of fused-ring (bicyclic) bond motifs is 1. The van der Waals surface area contributed by atoms with Crippen LogP contribution in [0.1, 0.15) is 75.8 Å². The third-order valence-electron chi connectivity index (χ3n) is 11.9. The summed E-state index contributed by atoms with van der Waals surface area (Å²) in [6.07, 6.45) is 0.829. The summed E-state index contributed by atoms with van der Waals surface area (Å²) in [7, 11) is 0. The highest BCUT2D eigenvalue weighted by Gasteiger charge is 2.35. The van der Waals surface area contributed by atoms with Gasteiger partial charge in [0.25, 0.3) is 0 Å². The van der Waals surface area contributed by atoms with Crippen LogP contribution < -0.4 is 70.4 Å². The largest absolute Gasteiger partial charge is 0.480 e. The summed E-state index contributed by atoms with van der Waals surface area (Å²) in [5.41, 5.74) is 18.7. The molecule has 1 saturated heterocycles. The monoisotopic (exact) mass is 1030 g/mol. The molecule has 0 bridgehead atoms. The van der Waals surface area contributed by atoms with Crippen LogP contribution in [-0.4, -0.2) is 144 Å². The Morgan fingerprint density at radius 1 is 0.730 bits per heavy atom.